The van der Waals surface area contributed by atoms with Crippen molar-refractivity contribution in [3.63, 3.8) is 0 Å². The van der Waals surface area contributed by atoms with E-state index < -0.39 is 0 Å². The molecule has 0 N–H and O–H groups in total. The van der Waals surface area contributed by atoms with Crippen LogP contribution in [0.2, 0.25) is 0 Å². The molecule has 1 atom stereocenters. The average Bonchev–Trinajstić information content (AvgIpc) is 3.08. The smallest absolute Gasteiger partial charge is 0.222 e. The van der Waals surface area contributed by atoms with Gasteiger partial charge in [0.2, 0.25) is 5.91 Å². The molecular formula is C15H23NO2S. The van der Waals surface area contributed by atoms with E-state index in [0.717, 1.165) is 45.4 Å². The lowest BCUT2D eigenvalue weighted by molar-refractivity contribution is -0.133. The summed E-state index contributed by atoms with van der Waals surface area (Å²) in [5, 5.41) is 2.07. The summed E-state index contributed by atoms with van der Waals surface area (Å²) in [6.45, 7) is 4.46. The summed E-state index contributed by atoms with van der Waals surface area (Å²) >= 11 is 1.72. The lowest BCUT2D eigenvalue weighted by Crippen LogP contribution is -2.36. The summed E-state index contributed by atoms with van der Waals surface area (Å²) in [4.78, 5) is 15.5. The van der Waals surface area contributed by atoms with Gasteiger partial charge in [-0.05, 0) is 30.7 Å². The van der Waals surface area contributed by atoms with Crippen LogP contribution < -0.4 is 0 Å². The first-order valence-corrected chi connectivity index (χ1v) is 8.09. The van der Waals surface area contributed by atoms with Crippen LogP contribution in [-0.2, 0) is 16.1 Å². The molecule has 4 heteroatoms. The van der Waals surface area contributed by atoms with E-state index in [4.69, 9.17) is 4.74 Å². The molecule has 0 aliphatic carbocycles. The topological polar surface area (TPSA) is 29.5 Å². The van der Waals surface area contributed by atoms with E-state index in [2.05, 4.69) is 18.4 Å². The van der Waals surface area contributed by atoms with Gasteiger partial charge in [-0.1, -0.05) is 19.4 Å². The van der Waals surface area contributed by atoms with E-state index in [9.17, 15) is 4.79 Å². The number of nitrogens with zero attached hydrogens (tertiary/aromatic N) is 1. The molecule has 1 amide bonds. The maximum absolute atomic E-state index is 12.3. The third-order valence-electron chi connectivity index (χ3n) is 3.47. The van der Waals surface area contributed by atoms with Crippen molar-refractivity contribution in [3.05, 3.63) is 22.4 Å². The Morgan fingerprint density at radius 2 is 2.47 bits per heavy atom. The van der Waals surface area contributed by atoms with Gasteiger partial charge < -0.3 is 9.64 Å². The van der Waals surface area contributed by atoms with E-state index in [-0.39, 0.29) is 12.0 Å². The van der Waals surface area contributed by atoms with Crippen LogP contribution in [0.25, 0.3) is 0 Å². The molecule has 1 aliphatic heterocycles. The first-order valence-electron chi connectivity index (χ1n) is 7.21. The van der Waals surface area contributed by atoms with Gasteiger partial charge in [0.15, 0.2) is 0 Å². The molecule has 3 nitrogen and oxygen atoms in total. The Morgan fingerprint density at radius 3 is 3.11 bits per heavy atom. The van der Waals surface area contributed by atoms with Gasteiger partial charge in [0.25, 0.3) is 0 Å². The first-order chi connectivity index (χ1) is 9.29. The average molecular weight is 281 g/mol. The molecule has 0 radical (unpaired) electrons. The number of carbonyl (C=O) groups excluding carboxylic acids is 1. The van der Waals surface area contributed by atoms with Crippen LogP contribution in [0.4, 0.5) is 0 Å². The largest absolute Gasteiger partial charge is 0.376 e. The molecule has 1 aromatic heterocycles. The lowest BCUT2D eigenvalue weighted by Gasteiger charge is -2.25. The highest BCUT2D eigenvalue weighted by atomic mass is 32.1. The minimum Gasteiger partial charge on any atom is -0.376 e. The maximum atomic E-state index is 12.3. The SMILES string of the molecule is CCCCC(=O)N(Cc1cccs1)CC1CCCO1. The quantitative estimate of drug-likeness (QED) is 0.766. The molecule has 2 heterocycles. The summed E-state index contributed by atoms with van der Waals surface area (Å²) < 4.78 is 5.67. The van der Waals surface area contributed by atoms with Crippen LogP contribution >= 0.6 is 11.3 Å². The molecule has 0 saturated carbocycles. The zero-order valence-corrected chi connectivity index (χ0v) is 12.5. The standard InChI is InChI=1S/C15H23NO2S/c1-2-3-8-15(17)16(11-13-6-4-9-18-13)12-14-7-5-10-19-14/h5,7,10,13H,2-4,6,8-9,11-12H2,1H3. The van der Waals surface area contributed by atoms with Gasteiger partial charge in [0, 0.05) is 24.4 Å². The molecule has 1 fully saturated rings. The molecule has 2 rings (SSSR count). The highest BCUT2D eigenvalue weighted by Crippen LogP contribution is 2.18. The molecule has 19 heavy (non-hydrogen) atoms. The molecule has 0 spiro atoms. The normalized spacial score (nSPS) is 18.7. The van der Waals surface area contributed by atoms with Gasteiger partial charge in [-0.15, -0.1) is 11.3 Å². The van der Waals surface area contributed by atoms with Crippen molar-refractivity contribution in [1.29, 1.82) is 0 Å². The highest BCUT2D eigenvalue weighted by Gasteiger charge is 2.22. The monoisotopic (exact) mass is 281 g/mol. The van der Waals surface area contributed by atoms with Gasteiger partial charge in [-0.2, -0.15) is 0 Å². The molecule has 1 aromatic rings. The van der Waals surface area contributed by atoms with Gasteiger partial charge in [-0.3, -0.25) is 4.79 Å². The van der Waals surface area contributed by atoms with E-state index in [1.165, 1.54) is 4.88 Å². The van der Waals surface area contributed by atoms with E-state index >= 15 is 0 Å². The van der Waals surface area contributed by atoms with E-state index in [1.807, 2.05) is 11.0 Å². The Morgan fingerprint density at radius 1 is 1.58 bits per heavy atom. The molecule has 1 saturated heterocycles. The number of hydrogen-bond donors (Lipinski definition) is 0. The zero-order chi connectivity index (χ0) is 13.5. The van der Waals surface area contributed by atoms with Crippen molar-refractivity contribution in [2.24, 2.45) is 0 Å². The van der Waals surface area contributed by atoms with Crippen LogP contribution in [0.15, 0.2) is 17.5 Å². The number of hydrogen-bond acceptors (Lipinski definition) is 3. The summed E-state index contributed by atoms with van der Waals surface area (Å²) in [5.74, 6) is 0.269. The number of amides is 1. The van der Waals surface area contributed by atoms with Gasteiger partial charge in [0.1, 0.15) is 0 Å². The van der Waals surface area contributed by atoms with Gasteiger partial charge >= 0.3 is 0 Å². The van der Waals surface area contributed by atoms with Crippen LogP contribution in [0, 0.1) is 0 Å². The third-order valence-corrected chi connectivity index (χ3v) is 4.33. The number of ether oxygens (including phenoxy) is 1. The summed E-state index contributed by atoms with van der Waals surface area (Å²) in [7, 11) is 0. The fraction of sp³-hybridized carbons (Fsp3) is 0.667. The lowest BCUT2D eigenvalue weighted by atomic mass is 10.2. The predicted octanol–water partition coefficient (Wildman–Crippen LogP) is 3.45. The number of carbonyl (C=O) groups is 1. The first kappa shape index (κ1) is 14.5. The second-order valence-electron chi connectivity index (χ2n) is 5.09. The van der Waals surface area contributed by atoms with E-state index in [0.29, 0.717) is 6.42 Å². The minimum atomic E-state index is 0.241. The molecule has 0 aromatic carbocycles. The zero-order valence-electron chi connectivity index (χ0n) is 11.6. The van der Waals surface area contributed by atoms with Gasteiger partial charge in [0.05, 0.1) is 12.6 Å². The summed E-state index contributed by atoms with van der Waals surface area (Å²) in [6, 6.07) is 4.14. The molecule has 106 valence electrons. The Balaban J connectivity index is 1.92. The second-order valence-corrected chi connectivity index (χ2v) is 6.12. The minimum absolute atomic E-state index is 0.241. The van der Waals surface area contributed by atoms with Crippen LogP contribution in [0.1, 0.15) is 43.9 Å². The summed E-state index contributed by atoms with van der Waals surface area (Å²) in [6.07, 6.45) is 5.16. The van der Waals surface area contributed by atoms with Crippen LogP contribution in [0.5, 0.6) is 0 Å². The molecule has 0 bridgehead atoms. The van der Waals surface area contributed by atoms with Crippen molar-refractivity contribution in [1.82, 2.24) is 4.90 Å². The number of unbranched alkanes of at least 4 members (excludes halogenated alkanes) is 1. The van der Waals surface area contributed by atoms with Gasteiger partial charge in [-0.25, -0.2) is 0 Å². The van der Waals surface area contributed by atoms with Crippen molar-refractivity contribution < 1.29 is 9.53 Å². The Kier molecular flexibility index (Phi) is 5.86. The Bertz CT molecular complexity index is 372. The Labute approximate surface area is 119 Å². The van der Waals surface area contributed by atoms with Crippen LogP contribution in [-0.4, -0.2) is 30.1 Å². The number of rotatable bonds is 7. The predicted molar refractivity (Wildman–Crippen MR) is 78.2 cm³/mol. The van der Waals surface area contributed by atoms with E-state index in [1.54, 1.807) is 11.3 Å². The van der Waals surface area contributed by atoms with Crippen LogP contribution in [0.3, 0.4) is 0 Å². The maximum Gasteiger partial charge on any atom is 0.222 e. The van der Waals surface area contributed by atoms with Crippen molar-refractivity contribution in [3.8, 4) is 0 Å². The highest BCUT2D eigenvalue weighted by molar-refractivity contribution is 7.09. The molecule has 1 unspecified atom stereocenters. The fourth-order valence-corrected chi connectivity index (χ4v) is 3.08. The fourth-order valence-electron chi connectivity index (χ4n) is 2.37. The molecular weight excluding hydrogens is 258 g/mol. The van der Waals surface area contributed by atoms with Crippen molar-refractivity contribution >= 4 is 17.2 Å². The molecule has 1 aliphatic rings. The third kappa shape index (κ3) is 4.62. The van der Waals surface area contributed by atoms with Crippen molar-refractivity contribution in [2.45, 2.75) is 51.7 Å². The van der Waals surface area contributed by atoms with Crippen molar-refractivity contribution in [2.75, 3.05) is 13.2 Å². The second kappa shape index (κ2) is 7.65. The number of thiophene rings is 1. The summed E-state index contributed by atoms with van der Waals surface area (Å²) in [5.41, 5.74) is 0. The Hall–Kier alpha value is -0.870.